The molecule has 23 heavy (non-hydrogen) atoms. The quantitative estimate of drug-likeness (QED) is 0.868. The number of benzene rings is 2. The van der Waals surface area contributed by atoms with E-state index < -0.39 is 10.0 Å². The number of nitrogens with zero attached hydrogens (tertiary/aromatic N) is 1. The summed E-state index contributed by atoms with van der Waals surface area (Å²) >= 11 is 0. The molecule has 0 amide bonds. The highest BCUT2D eigenvalue weighted by molar-refractivity contribution is 7.89. The zero-order chi connectivity index (χ0) is 16.4. The van der Waals surface area contributed by atoms with Crippen molar-refractivity contribution in [3.05, 3.63) is 65.2 Å². The Morgan fingerprint density at radius 3 is 2.13 bits per heavy atom. The van der Waals surface area contributed by atoms with Gasteiger partial charge in [-0.1, -0.05) is 47.5 Å². The Hall–Kier alpha value is -1.69. The Bertz CT molecular complexity index is 767. The van der Waals surface area contributed by atoms with Crippen LogP contribution in [0.2, 0.25) is 0 Å². The second-order valence-electron chi connectivity index (χ2n) is 5.95. The predicted molar refractivity (Wildman–Crippen MR) is 89.8 cm³/mol. The highest BCUT2D eigenvalue weighted by atomic mass is 32.2. The topological polar surface area (TPSA) is 46.6 Å². The van der Waals surface area contributed by atoms with Gasteiger partial charge < -0.3 is 4.74 Å². The minimum atomic E-state index is -3.47. The van der Waals surface area contributed by atoms with Crippen LogP contribution >= 0.6 is 0 Å². The van der Waals surface area contributed by atoms with Crippen molar-refractivity contribution in [1.82, 2.24) is 4.31 Å². The minimum absolute atomic E-state index is 0.218. The van der Waals surface area contributed by atoms with E-state index in [1.807, 2.05) is 50.2 Å². The number of hydrogen-bond donors (Lipinski definition) is 0. The van der Waals surface area contributed by atoms with Crippen LogP contribution in [0, 0.1) is 13.8 Å². The molecule has 0 bridgehead atoms. The highest BCUT2D eigenvalue weighted by Crippen LogP contribution is 2.26. The summed E-state index contributed by atoms with van der Waals surface area (Å²) < 4.78 is 32.9. The van der Waals surface area contributed by atoms with Crippen molar-refractivity contribution in [2.45, 2.75) is 24.8 Å². The molecule has 1 aliphatic rings. The average molecular weight is 331 g/mol. The molecule has 1 fully saturated rings. The Morgan fingerprint density at radius 1 is 0.957 bits per heavy atom. The fraction of sp³-hybridized carbons (Fsp3) is 0.333. The summed E-state index contributed by atoms with van der Waals surface area (Å²) in [5.41, 5.74) is 3.23. The van der Waals surface area contributed by atoms with Gasteiger partial charge in [-0.15, -0.1) is 0 Å². The fourth-order valence-corrected chi connectivity index (χ4v) is 4.11. The van der Waals surface area contributed by atoms with Crippen LogP contribution in [0.1, 0.15) is 22.8 Å². The van der Waals surface area contributed by atoms with Crippen LogP contribution in [0.5, 0.6) is 0 Å². The maximum atomic E-state index is 12.8. The largest absolute Gasteiger partial charge is 0.371 e. The normalized spacial score (nSPS) is 19.7. The second-order valence-corrected chi connectivity index (χ2v) is 7.88. The van der Waals surface area contributed by atoms with Crippen molar-refractivity contribution in [3.63, 3.8) is 0 Å². The van der Waals surface area contributed by atoms with Crippen LogP contribution < -0.4 is 0 Å². The Balaban J connectivity index is 1.82. The monoisotopic (exact) mass is 331 g/mol. The lowest BCUT2D eigenvalue weighted by molar-refractivity contribution is -0.00256. The van der Waals surface area contributed by atoms with E-state index in [-0.39, 0.29) is 6.10 Å². The number of rotatable bonds is 3. The third-order valence-electron chi connectivity index (χ3n) is 4.14. The Kier molecular flexibility index (Phi) is 4.53. The molecule has 0 aromatic heterocycles. The van der Waals surface area contributed by atoms with Crippen LogP contribution in [0.3, 0.4) is 0 Å². The van der Waals surface area contributed by atoms with Crippen molar-refractivity contribution in [1.29, 1.82) is 0 Å². The maximum Gasteiger partial charge on any atom is 0.243 e. The summed E-state index contributed by atoms with van der Waals surface area (Å²) in [6.07, 6.45) is -0.218. The molecule has 1 unspecified atom stereocenters. The van der Waals surface area contributed by atoms with E-state index in [0.717, 1.165) is 11.1 Å². The summed E-state index contributed by atoms with van der Waals surface area (Å²) in [5.74, 6) is 0. The Labute approximate surface area is 137 Å². The van der Waals surface area contributed by atoms with E-state index >= 15 is 0 Å². The molecule has 1 saturated heterocycles. The summed E-state index contributed by atoms with van der Waals surface area (Å²) in [6.45, 7) is 5.11. The molecule has 0 N–H and O–H groups in total. The molecule has 0 spiro atoms. The second kappa shape index (κ2) is 6.43. The van der Waals surface area contributed by atoms with Gasteiger partial charge in [-0.05, 0) is 31.5 Å². The molecule has 0 radical (unpaired) electrons. The van der Waals surface area contributed by atoms with Gasteiger partial charge in [-0.25, -0.2) is 8.42 Å². The standard InChI is InChI=1S/C18H21NO3S/c1-14-3-7-16(8-4-14)18-13-19(11-12-22-18)23(20,21)17-9-5-15(2)6-10-17/h3-10,18H,11-13H2,1-2H3. The molecule has 2 aromatic rings. The highest BCUT2D eigenvalue weighted by Gasteiger charge is 2.31. The van der Waals surface area contributed by atoms with E-state index in [2.05, 4.69) is 0 Å². The average Bonchev–Trinajstić information content (AvgIpc) is 2.56. The van der Waals surface area contributed by atoms with Crippen molar-refractivity contribution in [2.24, 2.45) is 0 Å². The molecule has 1 heterocycles. The molecule has 122 valence electrons. The van der Waals surface area contributed by atoms with Crippen molar-refractivity contribution in [2.75, 3.05) is 19.7 Å². The number of ether oxygens (including phenoxy) is 1. The molecule has 2 aromatic carbocycles. The van der Waals surface area contributed by atoms with E-state index in [4.69, 9.17) is 4.74 Å². The number of hydrogen-bond acceptors (Lipinski definition) is 3. The first kappa shape index (κ1) is 16.2. The van der Waals surface area contributed by atoms with Gasteiger partial charge >= 0.3 is 0 Å². The Morgan fingerprint density at radius 2 is 1.52 bits per heavy atom. The maximum absolute atomic E-state index is 12.8. The molecular weight excluding hydrogens is 310 g/mol. The van der Waals surface area contributed by atoms with Gasteiger partial charge in [0.1, 0.15) is 0 Å². The first-order valence-electron chi connectivity index (χ1n) is 7.72. The zero-order valence-electron chi connectivity index (χ0n) is 13.4. The summed E-state index contributed by atoms with van der Waals surface area (Å²) in [4.78, 5) is 0.340. The third kappa shape index (κ3) is 3.47. The number of sulfonamides is 1. The minimum Gasteiger partial charge on any atom is -0.371 e. The van der Waals surface area contributed by atoms with E-state index in [0.29, 0.717) is 24.6 Å². The SMILES string of the molecule is Cc1ccc(C2CN(S(=O)(=O)c3ccc(C)cc3)CCO2)cc1. The van der Waals surface area contributed by atoms with Crippen LogP contribution in [0.4, 0.5) is 0 Å². The van der Waals surface area contributed by atoms with Crippen LogP contribution in [-0.2, 0) is 14.8 Å². The lowest BCUT2D eigenvalue weighted by Crippen LogP contribution is -2.42. The first-order valence-corrected chi connectivity index (χ1v) is 9.16. The summed E-state index contributed by atoms with van der Waals surface area (Å²) in [7, 11) is -3.47. The van der Waals surface area contributed by atoms with Crippen molar-refractivity contribution < 1.29 is 13.2 Å². The van der Waals surface area contributed by atoms with Gasteiger partial charge in [0, 0.05) is 13.1 Å². The van der Waals surface area contributed by atoms with E-state index in [1.165, 1.54) is 9.87 Å². The molecule has 1 atom stereocenters. The zero-order valence-corrected chi connectivity index (χ0v) is 14.2. The van der Waals surface area contributed by atoms with E-state index in [1.54, 1.807) is 12.1 Å². The van der Waals surface area contributed by atoms with Crippen LogP contribution in [0.25, 0.3) is 0 Å². The lowest BCUT2D eigenvalue weighted by atomic mass is 10.1. The molecule has 1 aliphatic heterocycles. The summed E-state index contributed by atoms with van der Waals surface area (Å²) in [6, 6.07) is 15.0. The number of aryl methyl sites for hydroxylation is 2. The fourth-order valence-electron chi connectivity index (χ4n) is 2.69. The van der Waals surface area contributed by atoms with Crippen molar-refractivity contribution >= 4 is 10.0 Å². The predicted octanol–water partition coefficient (Wildman–Crippen LogP) is 3.07. The molecule has 0 aliphatic carbocycles. The smallest absolute Gasteiger partial charge is 0.243 e. The molecule has 0 saturated carbocycles. The van der Waals surface area contributed by atoms with E-state index in [9.17, 15) is 8.42 Å². The van der Waals surface area contributed by atoms with Gasteiger partial charge in [-0.2, -0.15) is 4.31 Å². The molecule has 4 nitrogen and oxygen atoms in total. The first-order chi connectivity index (χ1) is 11.0. The summed E-state index contributed by atoms with van der Waals surface area (Å²) in [5, 5.41) is 0. The van der Waals surface area contributed by atoms with Gasteiger partial charge in [0.05, 0.1) is 17.6 Å². The van der Waals surface area contributed by atoms with Gasteiger partial charge in [0.25, 0.3) is 0 Å². The van der Waals surface area contributed by atoms with Gasteiger partial charge in [0.2, 0.25) is 10.0 Å². The van der Waals surface area contributed by atoms with Crippen LogP contribution in [-0.4, -0.2) is 32.4 Å². The van der Waals surface area contributed by atoms with Gasteiger partial charge in [-0.3, -0.25) is 0 Å². The lowest BCUT2D eigenvalue weighted by Gasteiger charge is -2.32. The van der Waals surface area contributed by atoms with Gasteiger partial charge in [0.15, 0.2) is 0 Å². The molecule has 3 rings (SSSR count). The molecular formula is C18H21NO3S. The van der Waals surface area contributed by atoms with Crippen LogP contribution in [0.15, 0.2) is 53.4 Å². The van der Waals surface area contributed by atoms with Crippen molar-refractivity contribution in [3.8, 4) is 0 Å². The third-order valence-corrected chi connectivity index (χ3v) is 6.02. The number of morpholine rings is 1. The molecule has 5 heteroatoms.